The summed E-state index contributed by atoms with van der Waals surface area (Å²) in [6.45, 7) is 0.124. The predicted molar refractivity (Wildman–Crippen MR) is 92.8 cm³/mol. The van der Waals surface area contributed by atoms with Crippen molar-refractivity contribution in [3.8, 4) is 6.07 Å². The average molecular weight is 411 g/mol. The summed E-state index contributed by atoms with van der Waals surface area (Å²) in [6, 6.07) is 1.69. The molecule has 2 aromatic rings. The molecule has 0 saturated carbocycles. The Kier molecular flexibility index (Phi) is 6.30. The Morgan fingerprint density at radius 1 is 0.958 bits per heavy atom. The van der Waals surface area contributed by atoms with Crippen LogP contribution in [0, 0.1) is 11.3 Å². The number of nitrogens with zero attached hydrogens (tertiary/aromatic N) is 1. The lowest BCUT2D eigenvalue weighted by Gasteiger charge is -1.98. The molecule has 0 amide bonds. The average Bonchev–Trinajstić information content (AvgIpc) is 3.00. The lowest BCUT2D eigenvalue weighted by Crippen LogP contribution is -2.15. The van der Waals surface area contributed by atoms with Gasteiger partial charge in [0, 0.05) is 11.9 Å². The Labute approximate surface area is 146 Å². The molecule has 10 nitrogen and oxygen atoms in total. The molecule has 2 rings (SSSR count). The number of anilines is 2. The van der Waals surface area contributed by atoms with Crippen LogP contribution < -0.4 is 27.5 Å². The fourth-order valence-corrected chi connectivity index (χ4v) is 5.56. The van der Waals surface area contributed by atoms with Crippen LogP contribution >= 0.6 is 22.7 Å². The highest BCUT2D eigenvalue weighted by atomic mass is 32.2. The first-order chi connectivity index (χ1) is 10.9. The third-order valence-electron chi connectivity index (χ3n) is 2.53. The number of nitrogen functional groups attached to an aromatic ring is 2. The fourth-order valence-electron chi connectivity index (χ4n) is 1.60. The van der Waals surface area contributed by atoms with Crippen LogP contribution in [0.15, 0.2) is 20.6 Å². The van der Waals surface area contributed by atoms with Gasteiger partial charge < -0.3 is 17.2 Å². The van der Waals surface area contributed by atoms with Gasteiger partial charge in [-0.05, 0) is 10.9 Å². The van der Waals surface area contributed by atoms with Gasteiger partial charge in [0.05, 0.1) is 5.56 Å². The van der Waals surface area contributed by atoms with Crippen molar-refractivity contribution in [2.45, 2.75) is 16.3 Å². The molecule has 24 heavy (non-hydrogen) atoms. The summed E-state index contributed by atoms with van der Waals surface area (Å²) in [6.07, 6.45) is 0. The predicted octanol–water partition coefficient (Wildman–Crippen LogP) is -0.714. The number of nitriles is 1. The summed E-state index contributed by atoms with van der Waals surface area (Å²) in [4.78, 5) is -0.301. The zero-order valence-corrected chi connectivity index (χ0v) is 15.2. The molecule has 0 aliphatic heterocycles. The van der Waals surface area contributed by atoms with E-state index < -0.39 is 20.0 Å². The topological polar surface area (TPSA) is 222 Å². The number of primary sulfonamides is 2. The summed E-state index contributed by atoms with van der Waals surface area (Å²) in [7, 11) is -7.60. The molecule has 0 spiro atoms. The number of sulfonamides is 2. The smallest absolute Gasteiger partial charge is 0.242 e. The molecular formula is C10H14N6O4S4. The van der Waals surface area contributed by atoms with Crippen molar-refractivity contribution in [2.75, 3.05) is 11.5 Å². The third kappa shape index (κ3) is 4.64. The second kappa shape index (κ2) is 7.44. The van der Waals surface area contributed by atoms with Crippen molar-refractivity contribution >= 4 is 52.7 Å². The molecule has 0 aliphatic rings. The first kappa shape index (κ1) is 20.3. The van der Waals surface area contributed by atoms with E-state index in [0.717, 1.165) is 22.7 Å². The molecule has 132 valence electrons. The van der Waals surface area contributed by atoms with Crippen LogP contribution in [0.1, 0.15) is 11.1 Å². The molecule has 0 atom stereocenters. The third-order valence-corrected chi connectivity index (χ3v) is 6.52. The molecule has 14 heteroatoms. The van der Waals surface area contributed by atoms with Gasteiger partial charge in [-0.25, -0.2) is 27.1 Å². The minimum absolute atomic E-state index is 0.000000000000000222. The Bertz CT molecular complexity index is 983. The van der Waals surface area contributed by atoms with Crippen molar-refractivity contribution < 1.29 is 16.8 Å². The molecule has 2 aromatic heterocycles. The second-order valence-corrected chi connectivity index (χ2v) is 9.02. The highest BCUT2D eigenvalue weighted by molar-refractivity contribution is 7.89. The molecule has 2 heterocycles. The van der Waals surface area contributed by atoms with Gasteiger partial charge >= 0.3 is 0 Å². The molecule has 10 N–H and O–H groups in total. The van der Waals surface area contributed by atoms with Gasteiger partial charge in [0.1, 0.15) is 25.9 Å². The van der Waals surface area contributed by atoms with E-state index >= 15 is 0 Å². The van der Waals surface area contributed by atoms with Crippen LogP contribution in [0.25, 0.3) is 0 Å². The van der Waals surface area contributed by atoms with Crippen molar-refractivity contribution in [3.05, 3.63) is 21.9 Å². The number of nitrogens with two attached hydrogens (primary N) is 5. The van der Waals surface area contributed by atoms with Crippen molar-refractivity contribution in [1.82, 2.24) is 0 Å². The standard InChI is InChI=1S/C5H9N3O2S2.C5H5N3O2S2/c2*6-1-3-2-11-5(7)4(3)12(8,9)10/h2H,1,6-7H2,(H2,8,9,10);2H,7H2,(H2,8,9,10). The van der Waals surface area contributed by atoms with E-state index in [-0.39, 0.29) is 31.9 Å². The fraction of sp³-hybridized carbons (Fsp3) is 0.100. The van der Waals surface area contributed by atoms with E-state index in [9.17, 15) is 16.8 Å². The number of hydrogen-bond acceptors (Lipinski definition) is 10. The van der Waals surface area contributed by atoms with E-state index in [1.807, 2.05) is 0 Å². The lowest BCUT2D eigenvalue weighted by atomic mass is 10.3. The zero-order valence-electron chi connectivity index (χ0n) is 12.0. The lowest BCUT2D eigenvalue weighted by molar-refractivity contribution is 0.596. The van der Waals surface area contributed by atoms with Crippen LogP contribution in [0.2, 0.25) is 0 Å². The molecule has 0 fully saturated rings. The Morgan fingerprint density at radius 3 is 1.75 bits per heavy atom. The van der Waals surface area contributed by atoms with Crippen molar-refractivity contribution in [3.63, 3.8) is 0 Å². The summed E-state index contributed by atoms with van der Waals surface area (Å²) in [5.74, 6) is 0. The van der Waals surface area contributed by atoms with Crippen LogP contribution in [-0.4, -0.2) is 16.8 Å². The quantitative estimate of drug-likeness (QED) is 0.433. The summed E-state index contributed by atoms with van der Waals surface area (Å²) in [5.41, 5.74) is 16.5. The molecule has 0 saturated heterocycles. The maximum absolute atomic E-state index is 10.9. The van der Waals surface area contributed by atoms with E-state index in [1.54, 1.807) is 11.4 Å². The van der Waals surface area contributed by atoms with Crippen LogP contribution in [-0.2, 0) is 26.6 Å². The summed E-state index contributed by atoms with van der Waals surface area (Å²) >= 11 is 2.10. The number of thiophene rings is 2. The monoisotopic (exact) mass is 410 g/mol. The summed E-state index contributed by atoms with van der Waals surface area (Å²) < 4.78 is 43.6. The van der Waals surface area contributed by atoms with E-state index in [1.165, 1.54) is 5.38 Å². The van der Waals surface area contributed by atoms with Gasteiger partial charge in [0.25, 0.3) is 0 Å². The molecule has 0 bridgehead atoms. The van der Waals surface area contributed by atoms with Crippen LogP contribution in [0.5, 0.6) is 0 Å². The van der Waals surface area contributed by atoms with Gasteiger partial charge in [0.15, 0.2) is 0 Å². The number of hydrogen-bond donors (Lipinski definition) is 5. The normalized spacial score (nSPS) is 11.4. The van der Waals surface area contributed by atoms with Crippen LogP contribution in [0.4, 0.5) is 10.0 Å². The van der Waals surface area contributed by atoms with Crippen molar-refractivity contribution in [2.24, 2.45) is 16.0 Å². The van der Waals surface area contributed by atoms with Gasteiger partial charge in [0.2, 0.25) is 20.0 Å². The Morgan fingerprint density at radius 2 is 1.42 bits per heavy atom. The highest BCUT2D eigenvalue weighted by Crippen LogP contribution is 2.28. The minimum atomic E-state index is -3.87. The summed E-state index contributed by atoms with van der Waals surface area (Å²) in [5, 5.41) is 21.4. The largest absolute Gasteiger partial charge is 0.389 e. The van der Waals surface area contributed by atoms with Gasteiger partial charge in [-0.1, -0.05) is 0 Å². The minimum Gasteiger partial charge on any atom is -0.389 e. The van der Waals surface area contributed by atoms with Gasteiger partial charge in [-0.15, -0.1) is 22.7 Å². The van der Waals surface area contributed by atoms with Crippen LogP contribution in [0.3, 0.4) is 0 Å². The highest BCUT2D eigenvalue weighted by Gasteiger charge is 2.19. The van der Waals surface area contributed by atoms with Crippen molar-refractivity contribution in [1.29, 1.82) is 5.26 Å². The molecule has 0 aliphatic carbocycles. The first-order valence-corrected chi connectivity index (χ1v) is 10.7. The van der Waals surface area contributed by atoms with E-state index in [0.29, 0.717) is 5.56 Å². The molecule has 0 aromatic carbocycles. The Balaban J connectivity index is 0.000000240. The van der Waals surface area contributed by atoms with Gasteiger partial charge in [-0.3, -0.25) is 0 Å². The van der Waals surface area contributed by atoms with E-state index in [2.05, 4.69) is 0 Å². The maximum atomic E-state index is 10.9. The number of rotatable bonds is 3. The second-order valence-electron chi connectivity index (χ2n) is 4.20. The SMILES string of the molecule is N#Cc1csc(N)c1S(N)(=O)=O.NCc1csc(N)c1S(N)(=O)=O. The Hall–Kier alpha value is -1.73. The van der Waals surface area contributed by atoms with Gasteiger partial charge in [-0.2, -0.15) is 5.26 Å². The van der Waals surface area contributed by atoms with E-state index in [4.69, 9.17) is 32.7 Å². The molecular weight excluding hydrogens is 396 g/mol. The molecule has 0 unspecified atom stereocenters. The first-order valence-electron chi connectivity index (χ1n) is 5.82. The zero-order chi connectivity index (χ0) is 18.7. The molecule has 0 radical (unpaired) electrons. The maximum Gasteiger partial charge on any atom is 0.242 e.